The fourth-order valence-electron chi connectivity index (χ4n) is 2.69. The third kappa shape index (κ3) is 2.73. The van der Waals surface area contributed by atoms with E-state index in [4.69, 9.17) is 5.26 Å². The molecule has 1 fully saturated rings. The van der Waals surface area contributed by atoms with Crippen molar-refractivity contribution in [1.29, 1.82) is 5.26 Å². The van der Waals surface area contributed by atoms with Crippen molar-refractivity contribution < 1.29 is 10.0 Å². The summed E-state index contributed by atoms with van der Waals surface area (Å²) in [6.45, 7) is 3.09. The molecule has 0 amide bonds. The van der Waals surface area contributed by atoms with E-state index in [-0.39, 0.29) is 23.3 Å². The van der Waals surface area contributed by atoms with Crippen molar-refractivity contribution >= 4 is 11.4 Å². The monoisotopic (exact) mass is 275 g/mol. The lowest BCUT2D eigenvalue weighted by molar-refractivity contribution is -0.384. The lowest BCUT2D eigenvalue weighted by Gasteiger charge is -2.34. The lowest BCUT2D eigenvalue weighted by Crippen LogP contribution is -2.37. The van der Waals surface area contributed by atoms with Crippen molar-refractivity contribution in [2.24, 2.45) is 5.92 Å². The Balaban J connectivity index is 2.27. The minimum atomic E-state index is -0.491. The number of hydrogen-bond donors (Lipinski definition) is 1. The Morgan fingerprint density at radius 1 is 1.50 bits per heavy atom. The second-order valence-corrected chi connectivity index (χ2v) is 5.11. The largest absolute Gasteiger partial charge is 0.393 e. The predicted molar refractivity (Wildman–Crippen MR) is 74.4 cm³/mol. The number of nitro groups is 1. The maximum atomic E-state index is 11.2. The second kappa shape index (κ2) is 5.88. The first-order chi connectivity index (χ1) is 9.54. The third-order valence-corrected chi connectivity index (χ3v) is 3.88. The Hall–Kier alpha value is -2.13. The van der Waals surface area contributed by atoms with Gasteiger partial charge in [-0.1, -0.05) is 6.07 Å². The number of nitro benzene ring substituents is 1. The maximum absolute atomic E-state index is 11.2. The molecule has 6 nitrogen and oxygen atoms in total. The van der Waals surface area contributed by atoms with Crippen molar-refractivity contribution in [2.75, 3.05) is 18.0 Å². The van der Waals surface area contributed by atoms with E-state index in [1.165, 1.54) is 6.07 Å². The molecule has 0 spiro atoms. The summed E-state index contributed by atoms with van der Waals surface area (Å²) in [5, 5.41) is 29.8. The van der Waals surface area contributed by atoms with Crippen LogP contribution < -0.4 is 4.90 Å². The number of para-hydroxylation sites is 1. The van der Waals surface area contributed by atoms with Gasteiger partial charge in [-0.25, -0.2) is 0 Å². The smallest absolute Gasteiger partial charge is 0.310 e. The fourth-order valence-corrected chi connectivity index (χ4v) is 2.69. The summed E-state index contributed by atoms with van der Waals surface area (Å²) >= 11 is 0. The molecule has 1 aromatic rings. The van der Waals surface area contributed by atoms with Crippen molar-refractivity contribution in [3.63, 3.8) is 0 Å². The van der Waals surface area contributed by atoms with Crippen LogP contribution in [0.15, 0.2) is 18.2 Å². The van der Waals surface area contributed by atoms with Crippen molar-refractivity contribution in [2.45, 2.75) is 25.9 Å². The van der Waals surface area contributed by atoms with Crippen LogP contribution >= 0.6 is 0 Å². The summed E-state index contributed by atoms with van der Waals surface area (Å²) in [7, 11) is 0. The van der Waals surface area contributed by atoms with Gasteiger partial charge in [0.05, 0.1) is 11.0 Å². The van der Waals surface area contributed by atoms with Crippen LogP contribution in [0, 0.1) is 27.4 Å². The average molecular weight is 275 g/mol. The van der Waals surface area contributed by atoms with Crippen LogP contribution in [0.1, 0.15) is 25.3 Å². The van der Waals surface area contributed by atoms with Crippen LogP contribution in [-0.2, 0) is 0 Å². The van der Waals surface area contributed by atoms with Crippen molar-refractivity contribution in [3.8, 4) is 6.07 Å². The normalized spacial score (nSPS) is 17.6. The number of piperidine rings is 1. The summed E-state index contributed by atoms with van der Waals surface area (Å²) in [5.74, 6) is 0.240. The molecule has 0 saturated carbocycles. The van der Waals surface area contributed by atoms with E-state index in [1.54, 1.807) is 19.1 Å². The molecule has 1 aliphatic heterocycles. The number of nitrogens with zero attached hydrogens (tertiary/aromatic N) is 3. The standard InChI is InChI=1S/C14H17N3O3/c1-10(18)11-5-7-16(8-6-11)13-4-2-3-12(9-15)14(13)17(19)20/h2-4,10-11,18H,5-8H2,1H3. The second-order valence-electron chi connectivity index (χ2n) is 5.11. The molecule has 1 atom stereocenters. The van der Waals surface area contributed by atoms with Gasteiger partial charge in [-0.3, -0.25) is 10.1 Å². The summed E-state index contributed by atoms with van der Waals surface area (Å²) in [4.78, 5) is 12.6. The van der Waals surface area contributed by atoms with Gasteiger partial charge >= 0.3 is 5.69 Å². The summed E-state index contributed by atoms with van der Waals surface area (Å²) in [6.07, 6.45) is 1.24. The molecular weight excluding hydrogens is 258 g/mol. The van der Waals surface area contributed by atoms with Crippen LogP contribution in [0.5, 0.6) is 0 Å². The summed E-state index contributed by atoms with van der Waals surface area (Å²) in [6, 6.07) is 6.69. The number of anilines is 1. The highest BCUT2D eigenvalue weighted by molar-refractivity contribution is 5.69. The van der Waals surface area contributed by atoms with Crippen LogP contribution in [0.4, 0.5) is 11.4 Å². The molecule has 1 heterocycles. The zero-order valence-electron chi connectivity index (χ0n) is 11.3. The molecule has 0 bridgehead atoms. The fraction of sp³-hybridized carbons (Fsp3) is 0.500. The Morgan fingerprint density at radius 3 is 2.65 bits per heavy atom. The van der Waals surface area contributed by atoms with E-state index < -0.39 is 4.92 Å². The van der Waals surface area contributed by atoms with E-state index in [0.717, 1.165) is 12.8 Å². The first-order valence-electron chi connectivity index (χ1n) is 6.65. The molecule has 20 heavy (non-hydrogen) atoms. The van der Waals surface area contributed by atoms with Crippen LogP contribution in [0.25, 0.3) is 0 Å². The number of aliphatic hydroxyl groups is 1. The number of aliphatic hydroxyl groups excluding tert-OH is 1. The average Bonchev–Trinajstić information content (AvgIpc) is 2.46. The van der Waals surface area contributed by atoms with Gasteiger partial charge in [0.1, 0.15) is 17.3 Å². The molecule has 0 radical (unpaired) electrons. The lowest BCUT2D eigenvalue weighted by atomic mass is 9.92. The van der Waals surface area contributed by atoms with Crippen LogP contribution in [-0.4, -0.2) is 29.2 Å². The number of benzene rings is 1. The molecule has 0 aliphatic carbocycles. The van der Waals surface area contributed by atoms with E-state index in [0.29, 0.717) is 18.8 Å². The molecule has 1 aromatic carbocycles. The van der Waals surface area contributed by atoms with Gasteiger partial charge < -0.3 is 10.0 Å². The molecule has 1 N–H and O–H groups in total. The topological polar surface area (TPSA) is 90.4 Å². The molecule has 1 saturated heterocycles. The van der Waals surface area contributed by atoms with Crippen LogP contribution in [0.3, 0.4) is 0 Å². The minimum Gasteiger partial charge on any atom is -0.393 e. The highest BCUT2D eigenvalue weighted by atomic mass is 16.6. The van der Waals surface area contributed by atoms with Gasteiger partial charge in [-0.05, 0) is 37.8 Å². The van der Waals surface area contributed by atoms with Gasteiger partial charge in [-0.15, -0.1) is 0 Å². The molecule has 2 rings (SSSR count). The van der Waals surface area contributed by atoms with Gasteiger partial charge in [0, 0.05) is 13.1 Å². The molecule has 6 heteroatoms. The molecular formula is C14H17N3O3. The first-order valence-corrected chi connectivity index (χ1v) is 6.65. The molecule has 106 valence electrons. The number of nitriles is 1. The zero-order valence-corrected chi connectivity index (χ0v) is 11.3. The molecule has 0 aromatic heterocycles. The molecule has 1 aliphatic rings. The number of rotatable bonds is 3. The van der Waals surface area contributed by atoms with E-state index in [9.17, 15) is 15.2 Å². The number of hydrogen-bond acceptors (Lipinski definition) is 5. The highest BCUT2D eigenvalue weighted by Gasteiger charge is 2.28. The van der Waals surface area contributed by atoms with E-state index in [1.807, 2.05) is 11.0 Å². The van der Waals surface area contributed by atoms with Crippen LogP contribution in [0.2, 0.25) is 0 Å². The SMILES string of the molecule is CC(O)C1CCN(c2cccc(C#N)c2[N+](=O)[O-])CC1. The Morgan fingerprint density at radius 2 is 2.15 bits per heavy atom. The van der Waals surface area contributed by atoms with E-state index in [2.05, 4.69) is 0 Å². The van der Waals surface area contributed by atoms with Gasteiger partial charge in [0.2, 0.25) is 0 Å². The predicted octanol–water partition coefficient (Wildman–Crippen LogP) is 2.06. The summed E-state index contributed by atoms with van der Waals surface area (Å²) < 4.78 is 0. The maximum Gasteiger partial charge on any atom is 0.310 e. The van der Waals surface area contributed by atoms with Gasteiger partial charge in [0.25, 0.3) is 0 Å². The van der Waals surface area contributed by atoms with Crippen molar-refractivity contribution in [3.05, 3.63) is 33.9 Å². The third-order valence-electron chi connectivity index (χ3n) is 3.88. The Kier molecular flexibility index (Phi) is 4.20. The Labute approximate surface area is 117 Å². The first kappa shape index (κ1) is 14.3. The minimum absolute atomic E-state index is 0.0881. The summed E-state index contributed by atoms with van der Waals surface area (Å²) in [5.41, 5.74) is 0.466. The van der Waals surface area contributed by atoms with E-state index >= 15 is 0 Å². The Bertz CT molecular complexity index is 543. The zero-order chi connectivity index (χ0) is 14.7. The highest BCUT2D eigenvalue weighted by Crippen LogP contribution is 2.34. The van der Waals surface area contributed by atoms with Gasteiger partial charge in [0.15, 0.2) is 0 Å². The van der Waals surface area contributed by atoms with Crippen molar-refractivity contribution in [1.82, 2.24) is 0 Å². The quantitative estimate of drug-likeness (QED) is 0.673. The molecule has 1 unspecified atom stereocenters. The van der Waals surface area contributed by atoms with Gasteiger partial charge in [-0.2, -0.15) is 5.26 Å².